The van der Waals surface area contributed by atoms with Crippen molar-refractivity contribution >= 4 is 11.8 Å². The van der Waals surface area contributed by atoms with Crippen LogP contribution >= 0.6 is 0 Å². The van der Waals surface area contributed by atoms with E-state index in [9.17, 15) is 4.79 Å². The second-order valence-electron chi connectivity index (χ2n) is 4.83. The van der Waals surface area contributed by atoms with E-state index in [4.69, 9.17) is 4.74 Å². The van der Waals surface area contributed by atoms with Crippen molar-refractivity contribution in [3.8, 4) is 0 Å². The van der Waals surface area contributed by atoms with Gasteiger partial charge in [0.25, 0.3) is 0 Å². The van der Waals surface area contributed by atoms with Crippen LogP contribution in [-0.2, 0) is 4.74 Å². The third-order valence-corrected chi connectivity index (χ3v) is 3.59. The summed E-state index contributed by atoms with van der Waals surface area (Å²) in [6.07, 6.45) is 1.29. The standard InChI is InChI=1S/C15H19NO2/c1-5-8-18-15(17)16-12(4)11(3)13-9-10(2)6-7-14(13)16/h5-7,9,11-12H,1,8H2,2-4H3/t11-,12+/m0/s1. The first-order chi connectivity index (χ1) is 8.56. The van der Waals surface area contributed by atoms with E-state index in [-0.39, 0.29) is 18.7 Å². The molecule has 0 radical (unpaired) electrons. The number of ether oxygens (including phenoxy) is 1. The fraction of sp³-hybridized carbons (Fsp3) is 0.400. The number of hydrogen-bond donors (Lipinski definition) is 0. The molecular weight excluding hydrogens is 226 g/mol. The van der Waals surface area contributed by atoms with Gasteiger partial charge in [0.2, 0.25) is 0 Å². The zero-order valence-electron chi connectivity index (χ0n) is 11.1. The van der Waals surface area contributed by atoms with Crippen molar-refractivity contribution in [1.82, 2.24) is 0 Å². The van der Waals surface area contributed by atoms with Gasteiger partial charge in [-0.3, -0.25) is 4.90 Å². The number of benzene rings is 1. The average Bonchev–Trinajstić information content (AvgIpc) is 2.60. The lowest BCUT2D eigenvalue weighted by atomic mass is 9.97. The molecule has 0 bridgehead atoms. The molecule has 0 fully saturated rings. The van der Waals surface area contributed by atoms with Gasteiger partial charge >= 0.3 is 6.09 Å². The maximum Gasteiger partial charge on any atom is 0.414 e. The molecule has 1 amide bonds. The van der Waals surface area contributed by atoms with Crippen molar-refractivity contribution in [2.24, 2.45) is 0 Å². The topological polar surface area (TPSA) is 29.5 Å². The molecule has 0 unspecified atom stereocenters. The smallest absolute Gasteiger partial charge is 0.414 e. The third kappa shape index (κ3) is 2.01. The Morgan fingerprint density at radius 1 is 1.50 bits per heavy atom. The Morgan fingerprint density at radius 2 is 2.22 bits per heavy atom. The van der Waals surface area contributed by atoms with Gasteiger partial charge in [-0.1, -0.05) is 37.3 Å². The Morgan fingerprint density at radius 3 is 2.89 bits per heavy atom. The van der Waals surface area contributed by atoms with Gasteiger partial charge in [-0.25, -0.2) is 4.79 Å². The van der Waals surface area contributed by atoms with Gasteiger partial charge in [0, 0.05) is 12.0 Å². The van der Waals surface area contributed by atoms with E-state index in [1.807, 2.05) is 12.1 Å². The molecule has 2 atom stereocenters. The van der Waals surface area contributed by atoms with Crippen LogP contribution in [0, 0.1) is 6.92 Å². The SMILES string of the molecule is C=CCOC(=O)N1c2ccc(C)cc2[C@@H](C)[C@H]1C. The molecule has 0 aromatic heterocycles. The summed E-state index contributed by atoms with van der Waals surface area (Å²) in [5.41, 5.74) is 3.40. The maximum atomic E-state index is 12.1. The molecular formula is C15H19NO2. The minimum Gasteiger partial charge on any atom is -0.445 e. The van der Waals surface area contributed by atoms with E-state index in [1.54, 1.807) is 11.0 Å². The zero-order valence-corrected chi connectivity index (χ0v) is 11.1. The second kappa shape index (κ2) is 4.84. The highest BCUT2D eigenvalue weighted by Gasteiger charge is 2.37. The van der Waals surface area contributed by atoms with Crippen molar-refractivity contribution in [3.05, 3.63) is 42.0 Å². The van der Waals surface area contributed by atoms with E-state index in [0.29, 0.717) is 5.92 Å². The molecule has 0 saturated carbocycles. The first-order valence-electron chi connectivity index (χ1n) is 6.23. The summed E-state index contributed by atoms with van der Waals surface area (Å²) in [6.45, 7) is 10.1. The lowest BCUT2D eigenvalue weighted by molar-refractivity contribution is 0.164. The summed E-state index contributed by atoms with van der Waals surface area (Å²) in [4.78, 5) is 13.8. The minimum atomic E-state index is -0.295. The Labute approximate surface area is 108 Å². The molecule has 3 heteroatoms. The molecule has 0 aliphatic carbocycles. The summed E-state index contributed by atoms with van der Waals surface area (Å²) >= 11 is 0. The van der Waals surface area contributed by atoms with E-state index >= 15 is 0 Å². The maximum absolute atomic E-state index is 12.1. The molecule has 0 saturated heterocycles. The molecule has 2 rings (SSSR count). The lowest BCUT2D eigenvalue weighted by Gasteiger charge is -2.23. The lowest BCUT2D eigenvalue weighted by Crippen LogP contribution is -2.37. The monoisotopic (exact) mass is 245 g/mol. The predicted molar refractivity (Wildman–Crippen MR) is 73.1 cm³/mol. The molecule has 1 aromatic carbocycles. The Kier molecular flexibility index (Phi) is 3.41. The molecule has 0 N–H and O–H groups in total. The fourth-order valence-electron chi connectivity index (χ4n) is 2.43. The average molecular weight is 245 g/mol. The van der Waals surface area contributed by atoms with Crippen LogP contribution in [0.1, 0.15) is 30.9 Å². The molecule has 1 aromatic rings. The quantitative estimate of drug-likeness (QED) is 0.745. The van der Waals surface area contributed by atoms with E-state index in [1.165, 1.54) is 11.1 Å². The van der Waals surface area contributed by atoms with E-state index in [2.05, 4.69) is 33.4 Å². The molecule has 1 heterocycles. The largest absolute Gasteiger partial charge is 0.445 e. The van der Waals surface area contributed by atoms with Crippen LogP contribution in [0.15, 0.2) is 30.9 Å². The normalized spacial score (nSPS) is 21.6. The number of rotatable bonds is 2. The fourth-order valence-corrected chi connectivity index (χ4v) is 2.43. The number of aryl methyl sites for hydroxylation is 1. The van der Waals surface area contributed by atoms with Crippen LogP contribution in [-0.4, -0.2) is 18.7 Å². The first-order valence-corrected chi connectivity index (χ1v) is 6.23. The molecule has 1 aliphatic rings. The van der Waals surface area contributed by atoms with Crippen LogP contribution in [0.5, 0.6) is 0 Å². The van der Waals surface area contributed by atoms with Crippen LogP contribution in [0.3, 0.4) is 0 Å². The van der Waals surface area contributed by atoms with E-state index < -0.39 is 0 Å². The van der Waals surface area contributed by atoms with Crippen LogP contribution in [0.2, 0.25) is 0 Å². The molecule has 0 spiro atoms. The van der Waals surface area contributed by atoms with Crippen molar-refractivity contribution < 1.29 is 9.53 Å². The number of nitrogens with zero attached hydrogens (tertiary/aromatic N) is 1. The molecule has 18 heavy (non-hydrogen) atoms. The summed E-state index contributed by atoms with van der Waals surface area (Å²) in [5.74, 6) is 0.330. The van der Waals surface area contributed by atoms with Crippen molar-refractivity contribution in [1.29, 1.82) is 0 Å². The predicted octanol–water partition coefficient (Wildman–Crippen LogP) is 3.63. The summed E-state index contributed by atoms with van der Waals surface area (Å²) in [7, 11) is 0. The number of amides is 1. The first kappa shape index (κ1) is 12.7. The number of anilines is 1. The summed E-state index contributed by atoms with van der Waals surface area (Å²) < 4.78 is 5.15. The van der Waals surface area contributed by atoms with Gasteiger partial charge in [-0.15, -0.1) is 0 Å². The Balaban J connectivity index is 2.33. The van der Waals surface area contributed by atoms with Crippen molar-refractivity contribution in [3.63, 3.8) is 0 Å². The number of fused-ring (bicyclic) bond motifs is 1. The highest BCUT2D eigenvalue weighted by atomic mass is 16.6. The summed E-state index contributed by atoms with van der Waals surface area (Å²) in [6, 6.07) is 6.30. The second-order valence-corrected chi connectivity index (χ2v) is 4.83. The minimum absolute atomic E-state index is 0.124. The highest BCUT2D eigenvalue weighted by molar-refractivity contribution is 5.91. The summed E-state index contributed by atoms with van der Waals surface area (Å²) in [5, 5.41) is 0. The molecule has 3 nitrogen and oxygen atoms in total. The van der Waals surface area contributed by atoms with Crippen molar-refractivity contribution in [2.75, 3.05) is 11.5 Å². The highest BCUT2D eigenvalue weighted by Crippen LogP contribution is 2.41. The van der Waals surface area contributed by atoms with Gasteiger partial charge < -0.3 is 4.74 Å². The van der Waals surface area contributed by atoms with Gasteiger partial charge in [-0.2, -0.15) is 0 Å². The van der Waals surface area contributed by atoms with Gasteiger partial charge in [0.05, 0.1) is 5.69 Å². The van der Waals surface area contributed by atoms with E-state index in [0.717, 1.165) is 5.69 Å². The molecule has 96 valence electrons. The number of carbonyl (C=O) groups excluding carboxylic acids is 1. The van der Waals surface area contributed by atoms with Crippen molar-refractivity contribution in [2.45, 2.75) is 32.7 Å². The Hall–Kier alpha value is -1.77. The third-order valence-electron chi connectivity index (χ3n) is 3.59. The molecule has 1 aliphatic heterocycles. The Bertz CT molecular complexity index is 481. The van der Waals surface area contributed by atoms with Gasteiger partial charge in [0.1, 0.15) is 6.61 Å². The van der Waals surface area contributed by atoms with Gasteiger partial charge in [0.15, 0.2) is 0 Å². The van der Waals surface area contributed by atoms with Crippen LogP contribution in [0.25, 0.3) is 0 Å². The van der Waals surface area contributed by atoms with Gasteiger partial charge in [-0.05, 0) is 25.5 Å². The number of hydrogen-bond acceptors (Lipinski definition) is 2. The zero-order chi connectivity index (χ0) is 13.3. The van der Waals surface area contributed by atoms with Crippen LogP contribution in [0.4, 0.5) is 10.5 Å². The number of carbonyl (C=O) groups is 1. The van der Waals surface area contributed by atoms with Crippen LogP contribution < -0.4 is 4.90 Å².